The first kappa shape index (κ1) is 13.9. The number of allylic oxidation sites excluding steroid dienone is 1. The number of carbonyl (C=O) groups is 1. The molecule has 110 valence electrons. The first-order valence-corrected chi connectivity index (χ1v) is 6.51. The second-order valence-corrected chi connectivity index (χ2v) is 4.69. The first-order valence-electron chi connectivity index (χ1n) is 6.51. The zero-order valence-corrected chi connectivity index (χ0v) is 11.6. The number of aromatic amines is 1. The highest BCUT2D eigenvalue weighted by Crippen LogP contribution is 2.21. The molecule has 22 heavy (non-hydrogen) atoms. The van der Waals surface area contributed by atoms with Crippen molar-refractivity contribution in [3.63, 3.8) is 0 Å². The number of nitrogens with zero attached hydrogens (tertiary/aromatic N) is 1. The molecule has 0 aliphatic heterocycles. The highest BCUT2D eigenvalue weighted by molar-refractivity contribution is 6.14. The van der Waals surface area contributed by atoms with Gasteiger partial charge in [0.25, 0.3) is 5.56 Å². The molecule has 0 spiro atoms. The SMILES string of the molecule is Cc1oc2nc[nH]c(=O)c2c1C(=O)/C=C/c1ccc(F)cc1. The smallest absolute Gasteiger partial charge is 0.262 e. The lowest BCUT2D eigenvalue weighted by atomic mass is 10.1. The summed E-state index contributed by atoms with van der Waals surface area (Å²) in [7, 11) is 0. The maximum absolute atomic E-state index is 12.8. The maximum Gasteiger partial charge on any atom is 0.262 e. The summed E-state index contributed by atoms with van der Waals surface area (Å²) in [5, 5.41) is 0.133. The van der Waals surface area contributed by atoms with Crippen LogP contribution in [0.1, 0.15) is 21.7 Å². The van der Waals surface area contributed by atoms with E-state index in [1.54, 1.807) is 25.1 Å². The Morgan fingerprint density at radius 3 is 2.77 bits per heavy atom. The van der Waals surface area contributed by atoms with Gasteiger partial charge in [-0.1, -0.05) is 18.2 Å². The molecule has 6 heteroatoms. The van der Waals surface area contributed by atoms with Gasteiger partial charge in [-0.25, -0.2) is 9.37 Å². The summed E-state index contributed by atoms with van der Waals surface area (Å²) in [6.07, 6.45) is 4.08. The van der Waals surface area contributed by atoms with E-state index in [0.29, 0.717) is 11.3 Å². The standard InChI is InChI=1S/C16H11FN2O3/c1-9-13(14-15(21)18-8-19-16(14)22-9)12(20)7-4-10-2-5-11(17)6-3-10/h2-8H,1H3,(H,18,19,21)/b7-4+. The average Bonchev–Trinajstić information content (AvgIpc) is 2.84. The van der Waals surface area contributed by atoms with Crippen molar-refractivity contribution in [2.45, 2.75) is 6.92 Å². The molecule has 0 saturated carbocycles. The Kier molecular flexibility index (Phi) is 3.42. The van der Waals surface area contributed by atoms with Gasteiger partial charge in [0.15, 0.2) is 5.78 Å². The quantitative estimate of drug-likeness (QED) is 0.596. The van der Waals surface area contributed by atoms with Gasteiger partial charge in [0, 0.05) is 0 Å². The minimum absolute atomic E-state index is 0.125. The van der Waals surface area contributed by atoms with E-state index in [1.165, 1.54) is 24.5 Å². The van der Waals surface area contributed by atoms with Crippen molar-refractivity contribution in [2.75, 3.05) is 0 Å². The number of hydrogen-bond donors (Lipinski definition) is 1. The van der Waals surface area contributed by atoms with Crippen molar-refractivity contribution in [3.8, 4) is 0 Å². The van der Waals surface area contributed by atoms with Gasteiger partial charge in [-0.15, -0.1) is 0 Å². The van der Waals surface area contributed by atoms with Crippen molar-refractivity contribution < 1.29 is 13.6 Å². The third-order valence-electron chi connectivity index (χ3n) is 3.21. The van der Waals surface area contributed by atoms with E-state index in [9.17, 15) is 14.0 Å². The molecule has 2 heterocycles. The van der Waals surface area contributed by atoms with Crippen LogP contribution in [0.25, 0.3) is 17.2 Å². The summed E-state index contributed by atoms with van der Waals surface area (Å²) in [5.74, 6) is -0.398. The molecule has 0 aliphatic carbocycles. The van der Waals surface area contributed by atoms with E-state index < -0.39 is 5.56 Å². The van der Waals surface area contributed by atoms with Gasteiger partial charge in [0.2, 0.25) is 5.71 Å². The van der Waals surface area contributed by atoms with E-state index in [-0.39, 0.29) is 28.3 Å². The van der Waals surface area contributed by atoms with Crippen LogP contribution in [0.3, 0.4) is 0 Å². The number of fused-ring (bicyclic) bond motifs is 1. The first-order chi connectivity index (χ1) is 10.6. The van der Waals surface area contributed by atoms with Crippen molar-refractivity contribution in [2.24, 2.45) is 0 Å². The summed E-state index contributed by atoms with van der Waals surface area (Å²) >= 11 is 0. The van der Waals surface area contributed by atoms with Crippen LogP contribution in [0.15, 0.2) is 45.9 Å². The summed E-state index contributed by atoms with van der Waals surface area (Å²) < 4.78 is 18.2. The number of carbonyl (C=O) groups excluding carboxylic acids is 1. The van der Waals surface area contributed by atoms with E-state index in [1.807, 2.05) is 0 Å². The Bertz CT molecular complexity index is 936. The van der Waals surface area contributed by atoms with Gasteiger partial charge >= 0.3 is 0 Å². The second-order valence-electron chi connectivity index (χ2n) is 4.69. The Hall–Kier alpha value is -3.02. The number of nitrogens with one attached hydrogen (secondary N) is 1. The summed E-state index contributed by atoms with van der Waals surface area (Å²) in [6, 6.07) is 5.70. The molecule has 2 aromatic heterocycles. The predicted molar refractivity (Wildman–Crippen MR) is 79.1 cm³/mol. The van der Waals surface area contributed by atoms with Crippen LogP contribution >= 0.6 is 0 Å². The molecule has 3 aromatic rings. The van der Waals surface area contributed by atoms with E-state index in [0.717, 1.165) is 0 Å². The van der Waals surface area contributed by atoms with Crippen LogP contribution in [-0.4, -0.2) is 15.8 Å². The number of rotatable bonds is 3. The number of hydrogen-bond acceptors (Lipinski definition) is 4. The highest BCUT2D eigenvalue weighted by atomic mass is 19.1. The molecule has 0 bridgehead atoms. The van der Waals surface area contributed by atoms with Crippen LogP contribution in [-0.2, 0) is 0 Å². The number of furan rings is 1. The Morgan fingerprint density at radius 1 is 1.32 bits per heavy atom. The van der Waals surface area contributed by atoms with E-state index >= 15 is 0 Å². The Morgan fingerprint density at radius 2 is 2.05 bits per heavy atom. The average molecular weight is 298 g/mol. The molecular weight excluding hydrogens is 287 g/mol. The van der Waals surface area contributed by atoms with Gasteiger partial charge < -0.3 is 9.40 Å². The largest absolute Gasteiger partial charge is 0.442 e. The lowest BCUT2D eigenvalue weighted by molar-refractivity contribution is 0.104. The third-order valence-corrected chi connectivity index (χ3v) is 3.21. The minimum atomic E-state index is -0.430. The monoisotopic (exact) mass is 298 g/mol. The molecule has 0 fully saturated rings. The molecule has 0 aliphatic rings. The van der Waals surface area contributed by atoms with Crippen LogP contribution in [0, 0.1) is 12.7 Å². The molecular formula is C16H11FN2O3. The zero-order valence-electron chi connectivity index (χ0n) is 11.6. The molecule has 0 unspecified atom stereocenters. The predicted octanol–water partition coefficient (Wildman–Crippen LogP) is 2.86. The third kappa shape index (κ3) is 2.46. The molecule has 1 aromatic carbocycles. The number of aromatic nitrogens is 2. The number of ketones is 1. The van der Waals surface area contributed by atoms with Gasteiger partial charge in [-0.05, 0) is 30.7 Å². The fourth-order valence-corrected chi connectivity index (χ4v) is 2.18. The van der Waals surface area contributed by atoms with Crippen LogP contribution in [0.2, 0.25) is 0 Å². The highest BCUT2D eigenvalue weighted by Gasteiger charge is 2.19. The van der Waals surface area contributed by atoms with Crippen LogP contribution in [0.5, 0.6) is 0 Å². The Labute approximate surface area is 124 Å². The van der Waals surface area contributed by atoms with Crippen molar-refractivity contribution in [3.05, 3.63) is 69.7 Å². The minimum Gasteiger partial charge on any atom is -0.442 e. The van der Waals surface area contributed by atoms with Crippen molar-refractivity contribution in [1.82, 2.24) is 9.97 Å². The van der Waals surface area contributed by atoms with Gasteiger partial charge in [-0.2, -0.15) is 0 Å². The molecule has 3 rings (SSSR count). The fraction of sp³-hybridized carbons (Fsp3) is 0.0625. The molecule has 0 atom stereocenters. The lowest BCUT2D eigenvalue weighted by Crippen LogP contribution is -2.09. The van der Waals surface area contributed by atoms with Crippen LogP contribution < -0.4 is 5.56 Å². The number of H-pyrrole nitrogens is 1. The summed E-state index contributed by atoms with van der Waals surface area (Å²) in [6.45, 7) is 1.60. The van der Waals surface area contributed by atoms with E-state index in [4.69, 9.17) is 4.42 Å². The molecule has 0 radical (unpaired) electrons. The fourth-order valence-electron chi connectivity index (χ4n) is 2.18. The molecule has 0 saturated heterocycles. The topological polar surface area (TPSA) is 76.0 Å². The normalized spacial score (nSPS) is 11.4. The zero-order chi connectivity index (χ0) is 15.7. The maximum atomic E-state index is 12.8. The summed E-state index contributed by atoms with van der Waals surface area (Å²) in [5.41, 5.74) is 0.551. The van der Waals surface area contributed by atoms with Crippen molar-refractivity contribution >= 4 is 23.0 Å². The van der Waals surface area contributed by atoms with Crippen molar-refractivity contribution in [1.29, 1.82) is 0 Å². The molecule has 1 N–H and O–H groups in total. The summed E-state index contributed by atoms with van der Waals surface area (Å²) in [4.78, 5) is 30.5. The van der Waals surface area contributed by atoms with Crippen LogP contribution in [0.4, 0.5) is 4.39 Å². The van der Waals surface area contributed by atoms with Gasteiger partial charge in [0.05, 0.1) is 11.9 Å². The number of benzene rings is 1. The van der Waals surface area contributed by atoms with Gasteiger partial charge in [-0.3, -0.25) is 9.59 Å². The second kappa shape index (κ2) is 5.40. The van der Waals surface area contributed by atoms with E-state index in [2.05, 4.69) is 9.97 Å². The molecule has 0 amide bonds. The Balaban J connectivity index is 2.01. The number of aryl methyl sites for hydroxylation is 1. The number of halogens is 1. The van der Waals surface area contributed by atoms with Gasteiger partial charge in [0.1, 0.15) is 17.0 Å². The molecule has 5 nitrogen and oxygen atoms in total. The lowest BCUT2D eigenvalue weighted by Gasteiger charge is -1.95.